The normalized spacial score (nSPS) is 11.4. The number of pyridine rings is 1. The van der Waals surface area contributed by atoms with Gasteiger partial charge >= 0.3 is 6.18 Å². The van der Waals surface area contributed by atoms with Gasteiger partial charge in [0, 0.05) is 6.54 Å². The van der Waals surface area contributed by atoms with Gasteiger partial charge in [-0.3, -0.25) is 4.79 Å². The first-order valence-electron chi connectivity index (χ1n) is 5.61. The lowest BCUT2D eigenvalue weighted by molar-refractivity contribution is -0.119. The number of hydrogen-bond acceptors (Lipinski definition) is 4. The number of amides is 1. The predicted molar refractivity (Wildman–Crippen MR) is 65.7 cm³/mol. The standard InChI is InChI=1S/C11H15F3N4O/c1-2-3-18(6-11(12,13)14)9-4-7(10(16)19)8(15)5-17-9/h4-5H,2-3,6,15H2,1H3,(H2,16,19). The lowest BCUT2D eigenvalue weighted by Crippen LogP contribution is -2.35. The first-order valence-corrected chi connectivity index (χ1v) is 5.61. The second-order valence-electron chi connectivity index (χ2n) is 4.03. The van der Waals surface area contributed by atoms with Gasteiger partial charge in [0.1, 0.15) is 12.4 Å². The largest absolute Gasteiger partial charge is 0.405 e. The van der Waals surface area contributed by atoms with Crippen LogP contribution >= 0.6 is 0 Å². The van der Waals surface area contributed by atoms with Crippen LogP contribution in [0.2, 0.25) is 0 Å². The van der Waals surface area contributed by atoms with Crippen LogP contribution in [0.15, 0.2) is 12.3 Å². The molecule has 0 aliphatic heterocycles. The highest BCUT2D eigenvalue weighted by atomic mass is 19.4. The zero-order chi connectivity index (χ0) is 14.6. The quantitative estimate of drug-likeness (QED) is 0.854. The van der Waals surface area contributed by atoms with Crippen LogP contribution in [0.25, 0.3) is 0 Å². The summed E-state index contributed by atoms with van der Waals surface area (Å²) in [6.45, 7) is 0.764. The van der Waals surface area contributed by atoms with E-state index in [0.717, 1.165) is 11.1 Å². The summed E-state index contributed by atoms with van der Waals surface area (Å²) in [5.41, 5.74) is 10.6. The van der Waals surface area contributed by atoms with Crippen molar-refractivity contribution in [3.63, 3.8) is 0 Å². The molecule has 0 aromatic carbocycles. The summed E-state index contributed by atoms with van der Waals surface area (Å²) >= 11 is 0. The molecule has 0 saturated carbocycles. The number of alkyl halides is 3. The first-order chi connectivity index (χ1) is 8.74. The van der Waals surface area contributed by atoms with Crippen molar-refractivity contribution in [1.29, 1.82) is 0 Å². The Labute approximate surface area is 108 Å². The van der Waals surface area contributed by atoms with Crippen molar-refractivity contribution >= 4 is 17.4 Å². The Morgan fingerprint density at radius 1 is 1.47 bits per heavy atom. The number of nitrogens with zero attached hydrogens (tertiary/aromatic N) is 2. The molecule has 0 radical (unpaired) electrons. The molecule has 0 aliphatic rings. The molecule has 19 heavy (non-hydrogen) atoms. The Morgan fingerprint density at radius 3 is 2.58 bits per heavy atom. The molecule has 4 N–H and O–H groups in total. The van der Waals surface area contributed by atoms with Crippen molar-refractivity contribution in [1.82, 2.24) is 4.98 Å². The van der Waals surface area contributed by atoms with E-state index in [1.165, 1.54) is 6.07 Å². The number of carbonyl (C=O) groups is 1. The fraction of sp³-hybridized carbons (Fsp3) is 0.455. The van der Waals surface area contributed by atoms with Gasteiger partial charge in [0.15, 0.2) is 0 Å². The van der Waals surface area contributed by atoms with E-state index in [1.807, 2.05) is 0 Å². The van der Waals surface area contributed by atoms with Gasteiger partial charge in [-0.1, -0.05) is 6.92 Å². The fourth-order valence-corrected chi connectivity index (χ4v) is 1.60. The van der Waals surface area contributed by atoms with Gasteiger partial charge in [-0.2, -0.15) is 13.2 Å². The third-order valence-electron chi connectivity index (χ3n) is 2.37. The van der Waals surface area contributed by atoms with Gasteiger partial charge in [-0.25, -0.2) is 4.98 Å². The minimum absolute atomic E-state index is 0.0298. The zero-order valence-electron chi connectivity index (χ0n) is 10.4. The zero-order valence-corrected chi connectivity index (χ0v) is 10.4. The molecular formula is C11H15F3N4O. The van der Waals surface area contributed by atoms with E-state index in [-0.39, 0.29) is 23.6 Å². The summed E-state index contributed by atoms with van der Waals surface area (Å²) < 4.78 is 37.4. The molecule has 0 spiro atoms. The molecule has 5 nitrogen and oxygen atoms in total. The number of carbonyl (C=O) groups excluding carboxylic acids is 1. The molecule has 1 aromatic rings. The maximum atomic E-state index is 12.5. The molecule has 0 saturated heterocycles. The van der Waals surface area contributed by atoms with Crippen LogP contribution in [-0.2, 0) is 0 Å². The van der Waals surface area contributed by atoms with Crippen molar-refractivity contribution in [3.8, 4) is 0 Å². The number of halogens is 3. The van der Waals surface area contributed by atoms with Crippen LogP contribution in [0.4, 0.5) is 24.7 Å². The lowest BCUT2D eigenvalue weighted by atomic mass is 10.2. The van der Waals surface area contributed by atoms with Gasteiger partial charge in [0.25, 0.3) is 5.91 Å². The van der Waals surface area contributed by atoms with E-state index in [2.05, 4.69) is 4.98 Å². The van der Waals surface area contributed by atoms with E-state index in [0.29, 0.717) is 6.42 Å². The molecule has 0 fully saturated rings. The average Bonchev–Trinajstić information content (AvgIpc) is 2.27. The number of rotatable bonds is 5. The smallest absolute Gasteiger partial charge is 0.397 e. The summed E-state index contributed by atoms with van der Waals surface area (Å²) in [4.78, 5) is 16.0. The van der Waals surface area contributed by atoms with E-state index < -0.39 is 18.6 Å². The topological polar surface area (TPSA) is 85.2 Å². The Bertz CT molecular complexity index is 462. The molecular weight excluding hydrogens is 261 g/mol. The van der Waals surface area contributed by atoms with E-state index in [9.17, 15) is 18.0 Å². The highest BCUT2D eigenvalue weighted by molar-refractivity contribution is 5.98. The van der Waals surface area contributed by atoms with Crippen LogP contribution in [0.1, 0.15) is 23.7 Å². The van der Waals surface area contributed by atoms with Crippen molar-refractivity contribution in [3.05, 3.63) is 17.8 Å². The molecule has 0 atom stereocenters. The average molecular weight is 276 g/mol. The summed E-state index contributed by atoms with van der Waals surface area (Å²) in [6, 6.07) is 1.18. The number of anilines is 2. The summed E-state index contributed by atoms with van der Waals surface area (Å²) in [5, 5.41) is 0. The summed E-state index contributed by atoms with van der Waals surface area (Å²) in [6.07, 6.45) is -2.71. The predicted octanol–water partition coefficient (Wildman–Crippen LogP) is 1.54. The number of nitrogen functional groups attached to an aromatic ring is 1. The van der Waals surface area contributed by atoms with Crippen LogP contribution in [0, 0.1) is 0 Å². The first kappa shape index (κ1) is 15.1. The molecule has 0 aliphatic carbocycles. The molecule has 1 heterocycles. The maximum absolute atomic E-state index is 12.5. The molecule has 0 bridgehead atoms. The summed E-state index contributed by atoms with van der Waals surface area (Å²) in [7, 11) is 0. The SMILES string of the molecule is CCCN(CC(F)(F)F)c1cc(C(N)=O)c(N)cn1. The maximum Gasteiger partial charge on any atom is 0.405 e. The number of hydrogen-bond donors (Lipinski definition) is 2. The third kappa shape index (κ3) is 4.31. The number of aromatic nitrogens is 1. The Morgan fingerprint density at radius 2 is 2.11 bits per heavy atom. The van der Waals surface area contributed by atoms with Gasteiger partial charge in [-0.05, 0) is 12.5 Å². The minimum Gasteiger partial charge on any atom is -0.397 e. The Balaban J connectivity index is 3.09. The highest BCUT2D eigenvalue weighted by Crippen LogP contribution is 2.23. The Kier molecular flexibility index (Phi) is 4.57. The van der Waals surface area contributed by atoms with E-state index in [1.54, 1.807) is 6.92 Å². The lowest BCUT2D eigenvalue weighted by Gasteiger charge is -2.24. The van der Waals surface area contributed by atoms with Crippen LogP contribution in [0.5, 0.6) is 0 Å². The molecule has 1 rings (SSSR count). The van der Waals surface area contributed by atoms with E-state index in [4.69, 9.17) is 11.5 Å². The molecule has 1 aromatic heterocycles. The van der Waals surface area contributed by atoms with E-state index >= 15 is 0 Å². The van der Waals surface area contributed by atoms with Crippen molar-refractivity contribution in [2.45, 2.75) is 19.5 Å². The number of primary amides is 1. The van der Waals surface area contributed by atoms with Gasteiger partial charge in [-0.15, -0.1) is 0 Å². The van der Waals surface area contributed by atoms with Crippen molar-refractivity contribution < 1.29 is 18.0 Å². The Hall–Kier alpha value is -1.99. The third-order valence-corrected chi connectivity index (χ3v) is 2.37. The van der Waals surface area contributed by atoms with Crippen LogP contribution in [0.3, 0.4) is 0 Å². The van der Waals surface area contributed by atoms with Gasteiger partial charge in [0.05, 0.1) is 17.4 Å². The molecule has 106 valence electrons. The van der Waals surface area contributed by atoms with Crippen molar-refractivity contribution in [2.75, 3.05) is 23.7 Å². The molecule has 1 amide bonds. The van der Waals surface area contributed by atoms with Crippen LogP contribution < -0.4 is 16.4 Å². The monoisotopic (exact) mass is 276 g/mol. The second kappa shape index (κ2) is 5.77. The second-order valence-corrected chi connectivity index (χ2v) is 4.03. The minimum atomic E-state index is -4.36. The van der Waals surface area contributed by atoms with Crippen LogP contribution in [-0.4, -0.2) is 30.2 Å². The highest BCUT2D eigenvalue weighted by Gasteiger charge is 2.31. The van der Waals surface area contributed by atoms with Gasteiger partial charge < -0.3 is 16.4 Å². The fourth-order valence-electron chi connectivity index (χ4n) is 1.60. The van der Waals surface area contributed by atoms with Crippen molar-refractivity contribution in [2.24, 2.45) is 5.73 Å². The molecule has 0 unspecified atom stereocenters. The number of nitrogens with two attached hydrogens (primary N) is 2. The van der Waals surface area contributed by atoms with Gasteiger partial charge in [0.2, 0.25) is 0 Å². The molecule has 8 heteroatoms. The summed E-state index contributed by atoms with van der Waals surface area (Å²) in [5.74, 6) is -0.771.